The summed E-state index contributed by atoms with van der Waals surface area (Å²) in [6.45, 7) is 3.84. The third kappa shape index (κ3) is 2.59. The highest BCUT2D eigenvalue weighted by Gasteiger charge is 2.36. The highest BCUT2D eigenvalue weighted by atomic mass is 35.5. The quantitative estimate of drug-likeness (QED) is 0.615. The molecule has 4 nitrogen and oxygen atoms in total. The summed E-state index contributed by atoms with van der Waals surface area (Å²) in [6.07, 6.45) is 4.22. The summed E-state index contributed by atoms with van der Waals surface area (Å²) in [6, 6.07) is 3.74. The Labute approximate surface area is 117 Å². The molecule has 2 unspecified atom stereocenters. The maximum absolute atomic E-state index is 11.4. The molecular formula is C14H15ClN2O2. The Morgan fingerprint density at radius 2 is 2.37 bits per heavy atom. The van der Waals surface area contributed by atoms with E-state index in [1.54, 1.807) is 18.3 Å². The molecule has 5 heteroatoms. The Morgan fingerprint density at radius 3 is 3.11 bits per heavy atom. The fourth-order valence-corrected chi connectivity index (χ4v) is 2.82. The maximum atomic E-state index is 11.4. The van der Waals surface area contributed by atoms with Gasteiger partial charge in [0.1, 0.15) is 11.3 Å². The molecule has 100 valence electrons. The van der Waals surface area contributed by atoms with Crippen LogP contribution in [-0.2, 0) is 16.1 Å². The van der Waals surface area contributed by atoms with Gasteiger partial charge in [-0.05, 0) is 24.0 Å². The van der Waals surface area contributed by atoms with Crippen LogP contribution in [-0.4, -0.2) is 28.5 Å². The Bertz CT molecular complexity index is 527. The average molecular weight is 279 g/mol. The lowest BCUT2D eigenvalue weighted by molar-refractivity contribution is -0.140. The minimum Gasteiger partial charge on any atom is -0.453 e. The van der Waals surface area contributed by atoms with Crippen LogP contribution in [0.25, 0.3) is 0 Å². The van der Waals surface area contributed by atoms with Crippen molar-refractivity contribution in [1.82, 2.24) is 9.88 Å². The fourth-order valence-electron chi connectivity index (χ4n) is 2.71. The molecule has 0 aliphatic carbocycles. The number of hydrogen-bond donors (Lipinski definition) is 0. The number of hydrogen-bond acceptors (Lipinski definition) is 4. The standard InChI is InChI=1S/C14H15ClN2O2/c1-9-4-12-11(5-14(18)19-12)17(7-9)8-10-2-3-13(15)16-6-10/h2-3,5-6,9,12H,4,7-8H2,1H3. The minimum atomic E-state index is -0.228. The summed E-state index contributed by atoms with van der Waals surface area (Å²) in [5.74, 6) is 0.279. The number of halogens is 1. The van der Waals surface area contributed by atoms with Crippen molar-refractivity contribution in [1.29, 1.82) is 0 Å². The first-order valence-corrected chi connectivity index (χ1v) is 6.77. The average Bonchev–Trinajstić information content (AvgIpc) is 2.72. The molecule has 0 aromatic carbocycles. The van der Waals surface area contributed by atoms with Gasteiger partial charge >= 0.3 is 5.97 Å². The molecule has 0 radical (unpaired) electrons. The van der Waals surface area contributed by atoms with Crippen LogP contribution in [0.15, 0.2) is 30.1 Å². The van der Waals surface area contributed by atoms with Gasteiger partial charge in [-0.15, -0.1) is 0 Å². The van der Waals surface area contributed by atoms with Crippen LogP contribution in [0.1, 0.15) is 18.9 Å². The molecule has 19 heavy (non-hydrogen) atoms. The number of likely N-dealkylation sites (tertiary alicyclic amines) is 1. The second kappa shape index (κ2) is 4.85. The summed E-state index contributed by atoms with van der Waals surface area (Å²) in [4.78, 5) is 17.7. The molecule has 3 rings (SSSR count). The van der Waals surface area contributed by atoms with Gasteiger partial charge in [-0.2, -0.15) is 0 Å². The van der Waals surface area contributed by atoms with Crippen LogP contribution < -0.4 is 0 Å². The van der Waals surface area contributed by atoms with Crippen LogP contribution >= 0.6 is 11.6 Å². The first kappa shape index (κ1) is 12.5. The van der Waals surface area contributed by atoms with Crippen molar-refractivity contribution in [2.24, 2.45) is 5.92 Å². The van der Waals surface area contributed by atoms with E-state index < -0.39 is 0 Å². The number of piperidine rings is 1. The molecule has 0 spiro atoms. The number of rotatable bonds is 2. The van der Waals surface area contributed by atoms with Crippen LogP contribution in [0.3, 0.4) is 0 Å². The van der Waals surface area contributed by atoms with E-state index in [1.165, 1.54) is 0 Å². The van der Waals surface area contributed by atoms with Gasteiger partial charge in [-0.1, -0.05) is 24.6 Å². The smallest absolute Gasteiger partial charge is 0.333 e. The van der Waals surface area contributed by atoms with Gasteiger partial charge in [-0.3, -0.25) is 0 Å². The summed E-state index contributed by atoms with van der Waals surface area (Å²) in [5, 5.41) is 0.493. The predicted molar refractivity (Wildman–Crippen MR) is 71.4 cm³/mol. The van der Waals surface area contributed by atoms with Crippen LogP contribution in [0.2, 0.25) is 5.15 Å². The number of carbonyl (C=O) groups is 1. The molecule has 2 aliphatic rings. The Kier molecular flexibility index (Phi) is 3.19. The largest absolute Gasteiger partial charge is 0.453 e. The van der Waals surface area contributed by atoms with Gasteiger partial charge in [-0.25, -0.2) is 9.78 Å². The first-order valence-electron chi connectivity index (χ1n) is 6.39. The Balaban J connectivity index is 1.80. The van der Waals surface area contributed by atoms with E-state index in [9.17, 15) is 4.79 Å². The molecule has 2 aliphatic heterocycles. The van der Waals surface area contributed by atoms with E-state index in [2.05, 4.69) is 16.8 Å². The second-order valence-corrected chi connectivity index (χ2v) is 5.59. The number of nitrogens with zero attached hydrogens (tertiary/aromatic N) is 2. The highest BCUT2D eigenvalue weighted by Crippen LogP contribution is 2.32. The van der Waals surface area contributed by atoms with Crippen molar-refractivity contribution in [2.75, 3.05) is 6.54 Å². The zero-order valence-corrected chi connectivity index (χ0v) is 11.4. The second-order valence-electron chi connectivity index (χ2n) is 5.21. The monoisotopic (exact) mass is 278 g/mol. The maximum Gasteiger partial charge on any atom is 0.333 e. The molecule has 3 heterocycles. The van der Waals surface area contributed by atoms with Crippen molar-refractivity contribution >= 4 is 17.6 Å². The normalized spacial score (nSPS) is 25.9. The van der Waals surface area contributed by atoms with E-state index in [0.717, 1.165) is 30.8 Å². The topological polar surface area (TPSA) is 42.4 Å². The summed E-state index contributed by atoms with van der Waals surface area (Å²) >= 11 is 5.79. The number of esters is 1. The molecular weight excluding hydrogens is 264 g/mol. The molecule has 1 aromatic heterocycles. The SMILES string of the molecule is CC1CC2OC(=O)C=C2N(Cc2ccc(Cl)nc2)C1. The van der Waals surface area contributed by atoms with Gasteiger partial charge in [0.2, 0.25) is 0 Å². The number of carbonyl (C=O) groups excluding carboxylic acids is 1. The van der Waals surface area contributed by atoms with Crippen molar-refractivity contribution in [3.05, 3.63) is 40.8 Å². The van der Waals surface area contributed by atoms with Crippen molar-refractivity contribution in [3.8, 4) is 0 Å². The van der Waals surface area contributed by atoms with Gasteiger partial charge in [0.05, 0.1) is 5.70 Å². The Hall–Kier alpha value is -1.55. The molecule has 1 aromatic rings. The number of ether oxygens (including phenoxy) is 1. The number of fused-ring (bicyclic) bond motifs is 1. The minimum absolute atomic E-state index is 0.0727. The lowest BCUT2D eigenvalue weighted by Gasteiger charge is -2.37. The molecule has 1 fully saturated rings. The summed E-state index contributed by atoms with van der Waals surface area (Å²) < 4.78 is 5.31. The molecule has 0 saturated carbocycles. The summed E-state index contributed by atoms with van der Waals surface area (Å²) in [5.41, 5.74) is 2.08. The van der Waals surface area contributed by atoms with Crippen molar-refractivity contribution in [2.45, 2.75) is 26.0 Å². The zero-order valence-electron chi connectivity index (χ0n) is 10.7. The van der Waals surface area contributed by atoms with Crippen LogP contribution in [0.5, 0.6) is 0 Å². The lowest BCUT2D eigenvalue weighted by atomic mass is 9.95. The first-order chi connectivity index (χ1) is 9.11. The molecule has 0 amide bonds. The van der Waals surface area contributed by atoms with Gasteiger partial charge < -0.3 is 9.64 Å². The van der Waals surface area contributed by atoms with Gasteiger partial charge in [0, 0.05) is 25.4 Å². The molecule has 0 N–H and O–H groups in total. The molecule has 2 atom stereocenters. The third-order valence-electron chi connectivity index (χ3n) is 3.53. The van der Waals surface area contributed by atoms with E-state index in [0.29, 0.717) is 11.1 Å². The van der Waals surface area contributed by atoms with Crippen molar-refractivity contribution in [3.63, 3.8) is 0 Å². The van der Waals surface area contributed by atoms with E-state index >= 15 is 0 Å². The third-order valence-corrected chi connectivity index (χ3v) is 3.75. The zero-order chi connectivity index (χ0) is 13.4. The van der Waals surface area contributed by atoms with Gasteiger partial charge in [0.15, 0.2) is 0 Å². The number of aromatic nitrogens is 1. The van der Waals surface area contributed by atoms with E-state index in [-0.39, 0.29) is 12.1 Å². The Morgan fingerprint density at radius 1 is 1.53 bits per heavy atom. The van der Waals surface area contributed by atoms with E-state index in [4.69, 9.17) is 16.3 Å². The number of pyridine rings is 1. The molecule has 0 bridgehead atoms. The molecule has 1 saturated heterocycles. The summed E-state index contributed by atoms with van der Waals surface area (Å²) in [7, 11) is 0. The van der Waals surface area contributed by atoms with Crippen LogP contribution in [0, 0.1) is 5.92 Å². The van der Waals surface area contributed by atoms with Gasteiger partial charge in [0.25, 0.3) is 0 Å². The van der Waals surface area contributed by atoms with E-state index in [1.807, 2.05) is 6.07 Å². The van der Waals surface area contributed by atoms with Crippen LogP contribution in [0.4, 0.5) is 0 Å². The fraction of sp³-hybridized carbons (Fsp3) is 0.429. The highest BCUT2D eigenvalue weighted by molar-refractivity contribution is 6.29. The lowest BCUT2D eigenvalue weighted by Crippen LogP contribution is -2.39. The predicted octanol–water partition coefficient (Wildman–Crippen LogP) is 2.39. The van der Waals surface area contributed by atoms with Crippen molar-refractivity contribution < 1.29 is 9.53 Å².